The highest BCUT2D eigenvalue weighted by Crippen LogP contribution is 2.23. The lowest BCUT2D eigenvalue weighted by Crippen LogP contribution is -2.60. The molecule has 1 heterocycles. The minimum atomic E-state index is -1.67. The molecule has 0 bridgehead atoms. The van der Waals surface area contributed by atoms with Crippen molar-refractivity contribution < 1.29 is 50.0 Å². The van der Waals surface area contributed by atoms with Crippen LogP contribution in [0.25, 0.3) is 0 Å². The van der Waals surface area contributed by atoms with Gasteiger partial charge in [0.25, 0.3) is 0 Å². The summed E-state index contributed by atoms with van der Waals surface area (Å²) in [5, 5.41) is 75.4. The minimum Gasteiger partial charge on any atom is -0.394 e. The first-order chi connectivity index (χ1) is 28.2. The van der Waals surface area contributed by atoms with Crippen LogP contribution in [0.3, 0.4) is 0 Å². The highest BCUT2D eigenvalue weighted by atomic mass is 16.7. The molecule has 0 radical (unpaired) electrons. The van der Waals surface area contributed by atoms with Crippen molar-refractivity contribution in [2.75, 3.05) is 13.2 Å². The van der Waals surface area contributed by atoms with Crippen LogP contribution in [0, 0.1) is 0 Å². The maximum absolute atomic E-state index is 13.0. The van der Waals surface area contributed by atoms with E-state index in [0.717, 1.165) is 51.4 Å². The van der Waals surface area contributed by atoms with Gasteiger partial charge in [0, 0.05) is 0 Å². The third-order valence-corrected chi connectivity index (χ3v) is 11.5. The van der Waals surface area contributed by atoms with Gasteiger partial charge in [0.2, 0.25) is 5.91 Å². The Hall–Kier alpha value is -1.41. The number of carbonyl (C=O) groups is 1. The number of carbonyl (C=O) groups excluding carboxylic acids is 1. The number of ether oxygens (including phenoxy) is 2. The van der Waals surface area contributed by atoms with Crippen LogP contribution in [0.5, 0.6) is 0 Å². The smallest absolute Gasteiger partial charge is 0.249 e. The van der Waals surface area contributed by atoms with Gasteiger partial charge in [-0.3, -0.25) is 4.79 Å². The molecule has 58 heavy (non-hydrogen) atoms. The lowest BCUT2D eigenvalue weighted by Gasteiger charge is -2.40. The number of hydrogen-bond donors (Lipinski definition) is 8. The largest absolute Gasteiger partial charge is 0.394 e. The predicted octanol–water partition coefficient (Wildman–Crippen LogP) is 7.84. The van der Waals surface area contributed by atoms with E-state index >= 15 is 0 Å². The van der Waals surface area contributed by atoms with Gasteiger partial charge in [-0.05, 0) is 57.8 Å². The summed E-state index contributed by atoms with van der Waals surface area (Å²) >= 11 is 0. The van der Waals surface area contributed by atoms with E-state index < -0.39 is 74.2 Å². The molecule has 0 aliphatic carbocycles. The molecule has 8 N–H and O–H groups in total. The van der Waals surface area contributed by atoms with Crippen molar-refractivity contribution in [1.29, 1.82) is 0 Å². The van der Waals surface area contributed by atoms with Gasteiger partial charge in [-0.15, -0.1) is 0 Å². The summed E-state index contributed by atoms with van der Waals surface area (Å²) < 4.78 is 11.0. The Balaban J connectivity index is 2.39. The van der Waals surface area contributed by atoms with Crippen molar-refractivity contribution in [3.05, 3.63) is 24.3 Å². The minimum absolute atomic E-state index is 0.232. The molecule has 9 atom stereocenters. The first-order valence-corrected chi connectivity index (χ1v) is 23.7. The zero-order chi connectivity index (χ0) is 42.6. The van der Waals surface area contributed by atoms with Crippen LogP contribution in [0.15, 0.2) is 24.3 Å². The van der Waals surface area contributed by atoms with Gasteiger partial charge < -0.3 is 50.5 Å². The fraction of sp³-hybridized carbons (Fsp3) is 0.894. The van der Waals surface area contributed by atoms with Gasteiger partial charge in [-0.1, -0.05) is 167 Å². The van der Waals surface area contributed by atoms with Crippen LogP contribution >= 0.6 is 0 Å². The van der Waals surface area contributed by atoms with E-state index in [1.165, 1.54) is 109 Å². The second-order valence-electron chi connectivity index (χ2n) is 16.8. The summed E-state index contributed by atoms with van der Waals surface area (Å²) in [6, 6.07) is -1.19. The van der Waals surface area contributed by atoms with Crippen molar-refractivity contribution in [2.45, 2.75) is 255 Å². The molecule has 0 spiro atoms. The molecular formula is C47H89NO10. The third-order valence-electron chi connectivity index (χ3n) is 11.5. The SMILES string of the molecule is CCCC/C=C\CCCCCC(O)C(=O)NC(COC1OC(CO)C(O)C(O)C1O)C(O)C(O)CCC/C=C/CCCCCCCCCCCCCCCCCCC. The molecule has 342 valence electrons. The van der Waals surface area contributed by atoms with Gasteiger partial charge in [-0.2, -0.15) is 0 Å². The van der Waals surface area contributed by atoms with Gasteiger partial charge in [0.15, 0.2) is 6.29 Å². The molecule has 9 unspecified atom stereocenters. The van der Waals surface area contributed by atoms with Gasteiger partial charge in [0.1, 0.15) is 36.6 Å². The fourth-order valence-electron chi connectivity index (χ4n) is 7.48. The highest BCUT2D eigenvalue weighted by molar-refractivity contribution is 5.80. The number of rotatable bonds is 39. The van der Waals surface area contributed by atoms with E-state index in [4.69, 9.17) is 9.47 Å². The van der Waals surface area contributed by atoms with Gasteiger partial charge in [-0.25, -0.2) is 0 Å². The average molecular weight is 828 g/mol. The van der Waals surface area contributed by atoms with Gasteiger partial charge in [0.05, 0.1) is 25.4 Å². The number of aliphatic hydroxyl groups excluding tert-OH is 7. The number of hydrogen-bond acceptors (Lipinski definition) is 10. The Morgan fingerprint density at radius 1 is 0.586 bits per heavy atom. The number of amides is 1. The predicted molar refractivity (Wildman–Crippen MR) is 233 cm³/mol. The normalized spacial score (nSPS) is 22.1. The van der Waals surface area contributed by atoms with Crippen molar-refractivity contribution in [1.82, 2.24) is 5.32 Å². The maximum atomic E-state index is 13.0. The molecular weight excluding hydrogens is 739 g/mol. The molecule has 1 rings (SSSR count). The summed E-state index contributed by atoms with van der Waals surface area (Å²) in [7, 11) is 0. The van der Waals surface area contributed by atoms with Crippen molar-refractivity contribution in [3.8, 4) is 0 Å². The van der Waals surface area contributed by atoms with E-state index in [0.29, 0.717) is 12.8 Å². The van der Waals surface area contributed by atoms with E-state index in [2.05, 4.69) is 43.5 Å². The second kappa shape index (κ2) is 37.4. The first kappa shape index (κ1) is 54.6. The lowest BCUT2D eigenvalue weighted by molar-refractivity contribution is -0.303. The quantitative estimate of drug-likeness (QED) is 0.0224. The second-order valence-corrected chi connectivity index (χ2v) is 16.8. The maximum Gasteiger partial charge on any atom is 0.249 e. The van der Waals surface area contributed by atoms with Crippen molar-refractivity contribution in [2.24, 2.45) is 0 Å². The number of unbranched alkanes of at least 4 members (excludes halogenated alkanes) is 23. The zero-order valence-electron chi connectivity index (χ0n) is 36.8. The Kier molecular flexibility index (Phi) is 35.2. The number of aliphatic hydroxyl groups is 7. The average Bonchev–Trinajstić information content (AvgIpc) is 3.22. The summed E-state index contributed by atoms with van der Waals surface area (Å²) in [5.74, 6) is -0.722. The standard InChI is InChI=1S/C47H89NO10/c1-3-5-7-9-11-13-14-15-16-17-18-19-20-21-22-23-24-25-27-28-30-32-34-39(50)42(52)38(37-57-47-45(55)44(54)43(53)41(36-49)58-47)48-46(56)40(51)35-33-31-29-26-12-10-8-6-4-2/h10,12,27-28,38-45,47,49-55H,3-9,11,13-26,29-37H2,1-2H3,(H,48,56)/b12-10-,28-27+. The van der Waals surface area contributed by atoms with Crippen LogP contribution in [-0.2, 0) is 14.3 Å². The number of nitrogens with one attached hydrogen (secondary N) is 1. The fourth-order valence-corrected chi connectivity index (χ4v) is 7.48. The molecule has 11 heteroatoms. The third kappa shape index (κ3) is 26.7. The molecule has 1 fully saturated rings. The highest BCUT2D eigenvalue weighted by Gasteiger charge is 2.44. The molecule has 1 saturated heterocycles. The summed E-state index contributed by atoms with van der Waals surface area (Å²) in [6.07, 6.45) is 29.7. The lowest BCUT2D eigenvalue weighted by atomic mass is 9.98. The Bertz CT molecular complexity index is 997. The van der Waals surface area contributed by atoms with E-state index in [-0.39, 0.29) is 12.8 Å². The monoisotopic (exact) mass is 828 g/mol. The van der Waals surface area contributed by atoms with Crippen LogP contribution in [0.1, 0.15) is 200 Å². The molecule has 11 nitrogen and oxygen atoms in total. The summed E-state index contributed by atoms with van der Waals surface area (Å²) in [5.41, 5.74) is 0. The Morgan fingerprint density at radius 3 is 1.53 bits per heavy atom. The van der Waals surface area contributed by atoms with Crippen LogP contribution < -0.4 is 5.32 Å². The molecule has 1 amide bonds. The van der Waals surface area contributed by atoms with Crippen molar-refractivity contribution >= 4 is 5.91 Å². The van der Waals surface area contributed by atoms with E-state index in [9.17, 15) is 40.5 Å². The molecule has 0 aromatic carbocycles. The van der Waals surface area contributed by atoms with Crippen molar-refractivity contribution in [3.63, 3.8) is 0 Å². The Morgan fingerprint density at radius 2 is 1.03 bits per heavy atom. The topological polar surface area (TPSA) is 189 Å². The molecule has 1 aliphatic heterocycles. The van der Waals surface area contributed by atoms with Crippen LogP contribution in [0.2, 0.25) is 0 Å². The molecule has 1 aliphatic rings. The molecule has 0 aromatic rings. The first-order valence-electron chi connectivity index (χ1n) is 23.7. The molecule has 0 aromatic heterocycles. The summed E-state index contributed by atoms with van der Waals surface area (Å²) in [6.45, 7) is 3.36. The number of allylic oxidation sites excluding steroid dienone is 4. The van der Waals surface area contributed by atoms with E-state index in [1.807, 2.05) is 0 Å². The van der Waals surface area contributed by atoms with Gasteiger partial charge >= 0.3 is 0 Å². The molecule has 0 saturated carbocycles. The van der Waals surface area contributed by atoms with Crippen LogP contribution in [-0.4, -0.2) is 110 Å². The van der Waals surface area contributed by atoms with E-state index in [1.54, 1.807) is 0 Å². The zero-order valence-corrected chi connectivity index (χ0v) is 36.8. The van der Waals surface area contributed by atoms with Crippen LogP contribution in [0.4, 0.5) is 0 Å². The Labute approximate surface area is 353 Å². The summed E-state index contributed by atoms with van der Waals surface area (Å²) in [4.78, 5) is 13.0.